The van der Waals surface area contributed by atoms with Crippen molar-refractivity contribution in [2.75, 3.05) is 33.2 Å². The van der Waals surface area contributed by atoms with Gasteiger partial charge in [0.15, 0.2) is 0 Å². The Hall–Kier alpha value is -1.44. The smallest absolute Gasteiger partial charge is 0.129 e. The average Bonchev–Trinajstić information content (AvgIpc) is 2.57. The first kappa shape index (κ1) is 13.0. The van der Waals surface area contributed by atoms with E-state index < -0.39 is 0 Å². The molecule has 0 unspecified atom stereocenters. The number of hydrogen-bond acceptors (Lipinski definition) is 3. The van der Waals surface area contributed by atoms with Crippen LogP contribution in [0.15, 0.2) is 18.2 Å². The maximum absolute atomic E-state index is 13.8. The van der Waals surface area contributed by atoms with Crippen LogP contribution in [-0.2, 0) is 6.54 Å². The Kier molecular flexibility index (Phi) is 4.29. The molecule has 0 aliphatic carbocycles. The fraction of sp³-hybridized carbons (Fsp3) is 0.500. The second-order valence-corrected chi connectivity index (χ2v) is 4.85. The molecule has 0 aromatic heterocycles. The van der Waals surface area contributed by atoms with Gasteiger partial charge in [0.25, 0.3) is 0 Å². The van der Waals surface area contributed by atoms with Gasteiger partial charge in [-0.25, -0.2) is 4.39 Å². The zero-order chi connectivity index (χ0) is 13.0. The van der Waals surface area contributed by atoms with Crippen LogP contribution in [-0.4, -0.2) is 43.0 Å². The molecular formula is C14H18FN3. The highest BCUT2D eigenvalue weighted by atomic mass is 19.1. The van der Waals surface area contributed by atoms with Crippen LogP contribution in [0.2, 0.25) is 0 Å². The summed E-state index contributed by atoms with van der Waals surface area (Å²) in [6, 6.07) is 6.68. The second kappa shape index (κ2) is 5.94. The summed E-state index contributed by atoms with van der Waals surface area (Å²) < 4.78 is 13.8. The SMILES string of the molecule is CN1CCCN(Cc2ccc(C#N)cc2F)CC1. The molecule has 0 saturated carbocycles. The lowest BCUT2D eigenvalue weighted by molar-refractivity contribution is 0.266. The first-order valence-corrected chi connectivity index (χ1v) is 6.28. The Morgan fingerprint density at radius 2 is 2.11 bits per heavy atom. The summed E-state index contributed by atoms with van der Waals surface area (Å²) in [6.07, 6.45) is 1.12. The lowest BCUT2D eigenvalue weighted by Gasteiger charge is -2.20. The van der Waals surface area contributed by atoms with Gasteiger partial charge in [0.1, 0.15) is 5.82 Å². The van der Waals surface area contributed by atoms with Crippen LogP contribution in [0.25, 0.3) is 0 Å². The maximum Gasteiger partial charge on any atom is 0.129 e. The molecule has 2 rings (SSSR count). The molecule has 1 aromatic carbocycles. The van der Waals surface area contributed by atoms with Crippen LogP contribution in [0.5, 0.6) is 0 Å². The standard InChI is InChI=1S/C14H18FN3/c1-17-5-2-6-18(8-7-17)11-13-4-3-12(10-16)9-14(13)15/h3-4,9H,2,5-8,11H2,1H3. The quantitative estimate of drug-likeness (QED) is 0.798. The summed E-state index contributed by atoms with van der Waals surface area (Å²) in [7, 11) is 2.12. The topological polar surface area (TPSA) is 30.3 Å². The normalized spacial score (nSPS) is 18.3. The number of nitrogens with zero attached hydrogens (tertiary/aromatic N) is 3. The van der Waals surface area contributed by atoms with Crippen molar-refractivity contribution in [2.45, 2.75) is 13.0 Å². The molecule has 18 heavy (non-hydrogen) atoms. The van der Waals surface area contributed by atoms with Crippen molar-refractivity contribution in [3.8, 4) is 6.07 Å². The first-order chi connectivity index (χ1) is 8.69. The van der Waals surface area contributed by atoms with Gasteiger partial charge in [-0.05, 0) is 38.7 Å². The lowest BCUT2D eigenvalue weighted by atomic mass is 10.1. The van der Waals surface area contributed by atoms with E-state index in [0.717, 1.165) is 32.6 Å². The van der Waals surface area contributed by atoms with Gasteiger partial charge in [-0.3, -0.25) is 4.90 Å². The van der Waals surface area contributed by atoms with Crippen LogP contribution < -0.4 is 0 Å². The van der Waals surface area contributed by atoms with E-state index in [1.54, 1.807) is 12.1 Å². The van der Waals surface area contributed by atoms with E-state index in [4.69, 9.17) is 5.26 Å². The number of benzene rings is 1. The van der Waals surface area contributed by atoms with Gasteiger partial charge in [-0.2, -0.15) is 5.26 Å². The van der Waals surface area contributed by atoms with Crippen LogP contribution in [0.3, 0.4) is 0 Å². The van der Waals surface area contributed by atoms with Gasteiger partial charge < -0.3 is 4.90 Å². The molecule has 0 spiro atoms. The largest absolute Gasteiger partial charge is 0.305 e. The van der Waals surface area contributed by atoms with Crippen LogP contribution in [0.1, 0.15) is 17.5 Å². The summed E-state index contributed by atoms with van der Waals surface area (Å²) in [5.41, 5.74) is 1.06. The van der Waals surface area contributed by atoms with Gasteiger partial charge >= 0.3 is 0 Å². The van der Waals surface area contributed by atoms with E-state index in [-0.39, 0.29) is 5.82 Å². The van der Waals surface area contributed by atoms with Crippen molar-refractivity contribution in [2.24, 2.45) is 0 Å². The molecule has 0 radical (unpaired) electrons. The molecule has 0 bridgehead atoms. The van der Waals surface area contributed by atoms with Crippen molar-refractivity contribution < 1.29 is 4.39 Å². The Morgan fingerprint density at radius 3 is 2.83 bits per heavy atom. The van der Waals surface area contributed by atoms with E-state index in [1.165, 1.54) is 6.07 Å². The summed E-state index contributed by atoms with van der Waals surface area (Å²) in [5.74, 6) is -0.272. The molecule has 1 fully saturated rings. The highest BCUT2D eigenvalue weighted by Crippen LogP contribution is 2.14. The molecule has 1 aliphatic rings. The molecule has 1 saturated heterocycles. The fourth-order valence-corrected chi connectivity index (χ4v) is 2.24. The Balaban J connectivity index is 2.03. The van der Waals surface area contributed by atoms with Crippen molar-refractivity contribution in [1.29, 1.82) is 5.26 Å². The molecule has 0 N–H and O–H groups in total. The molecule has 3 nitrogen and oxygen atoms in total. The van der Waals surface area contributed by atoms with E-state index in [2.05, 4.69) is 16.8 Å². The van der Waals surface area contributed by atoms with Crippen LogP contribution >= 0.6 is 0 Å². The zero-order valence-corrected chi connectivity index (χ0v) is 10.7. The van der Waals surface area contributed by atoms with Crippen molar-refractivity contribution >= 4 is 0 Å². The van der Waals surface area contributed by atoms with Crippen molar-refractivity contribution in [1.82, 2.24) is 9.80 Å². The third-order valence-corrected chi connectivity index (χ3v) is 3.39. The molecule has 1 aromatic rings. The van der Waals surface area contributed by atoms with Crippen molar-refractivity contribution in [3.63, 3.8) is 0 Å². The van der Waals surface area contributed by atoms with Gasteiger partial charge in [-0.1, -0.05) is 6.07 Å². The minimum atomic E-state index is -0.272. The van der Waals surface area contributed by atoms with Crippen LogP contribution in [0, 0.1) is 17.1 Å². The predicted molar refractivity (Wildman–Crippen MR) is 68.5 cm³/mol. The maximum atomic E-state index is 13.8. The second-order valence-electron chi connectivity index (χ2n) is 4.85. The number of rotatable bonds is 2. The van der Waals surface area contributed by atoms with Gasteiger partial charge in [0, 0.05) is 25.2 Å². The predicted octanol–water partition coefficient (Wildman–Crippen LogP) is 1.83. The molecule has 1 heterocycles. The van der Waals surface area contributed by atoms with E-state index in [0.29, 0.717) is 17.7 Å². The lowest BCUT2D eigenvalue weighted by Crippen LogP contribution is -2.28. The Bertz CT molecular complexity index is 453. The number of nitriles is 1. The molecule has 0 atom stereocenters. The Morgan fingerprint density at radius 1 is 1.28 bits per heavy atom. The first-order valence-electron chi connectivity index (χ1n) is 6.28. The van der Waals surface area contributed by atoms with Crippen LogP contribution in [0.4, 0.5) is 4.39 Å². The minimum absolute atomic E-state index is 0.272. The summed E-state index contributed by atoms with van der Waals surface area (Å²) in [5, 5.41) is 8.71. The highest BCUT2D eigenvalue weighted by molar-refractivity contribution is 5.32. The van der Waals surface area contributed by atoms with Crippen molar-refractivity contribution in [3.05, 3.63) is 35.1 Å². The molecular weight excluding hydrogens is 229 g/mol. The van der Waals surface area contributed by atoms with Gasteiger partial charge in [0.2, 0.25) is 0 Å². The number of hydrogen-bond donors (Lipinski definition) is 0. The number of likely N-dealkylation sites (N-methyl/N-ethyl adjacent to an activating group) is 1. The summed E-state index contributed by atoms with van der Waals surface area (Å²) in [6.45, 7) is 4.73. The minimum Gasteiger partial charge on any atom is -0.305 e. The zero-order valence-electron chi connectivity index (χ0n) is 10.7. The summed E-state index contributed by atoms with van der Waals surface area (Å²) in [4.78, 5) is 4.57. The van der Waals surface area contributed by atoms with E-state index in [1.807, 2.05) is 6.07 Å². The highest BCUT2D eigenvalue weighted by Gasteiger charge is 2.14. The number of halogens is 1. The fourth-order valence-electron chi connectivity index (χ4n) is 2.24. The average molecular weight is 247 g/mol. The third-order valence-electron chi connectivity index (χ3n) is 3.39. The van der Waals surface area contributed by atoms with E-state index >= 15 is 0 Å². The molecule has 4 heteroatoms. The van der Waals surface area contributed by atoms with E-state index in [9.17, 15) is 4.39 Å². The Labute approximate surface area is 107 Å². The monoisotopic (exact) mass is 247 g/mol. The summed E-state index contributed by atoms with van der Waals surface area (Å²) >= 11 is 0. The molecule has 1 aliphatic heterocycles. The molecule has 0 amide bonds. The molecule has 96 valence electrons. The van der Waals surface area contributed by atoms with Gasteiger partial charge in [-0.15, -0.1) is 0 Å². The van der Waals surface area contributed by atoms with Gasteiger partial charge in [0.05, 0.1) is 11.6 Å². The third kappa shape index (κ3) is 3.28.